The molecule has 1 aliphatic heterocycles. The fourth-order valence-electron chi connectivity index (χ4n) is 1.79. The largest absolute Gasteiger partial charge is 0.480 e. The Hall–Kier alpha value is -1.96. The van der Waals surface area contributed by atoms with E-state index in [1.54, 1.807) is 0 Å². The summed E-state index contributed by atoms with van der Waals surface area (Å²) in [6, 6.07) is -1.05. The van der Waals surface area contributed by atoms with Crippen LogP contribution >= 0.6 is 0 Å². The highest BCUT2D eigenvalue weighted by Crippen LogP contribution is 2.20. The van der Waals surface area contributed by atoms with Crippen molar-refractivity contribution >= 4 is 11.9 Å². The van der Waals surface area contributed by atoms with Crippen LogP contribution in [0, 0.1) is 6.92 Å². The molecule has 8 nitrogen and oxygen atoms in total. The number of aliphatic hydroxyl groups is 1. The summed E-state index contributed by atoms with van der Waals surface area (Å²) in [4.78, 5) is 27.6. The highest BCUT2D eigenvalue weighted by molar-refractivity contribution is 5.93. The van der Waals surface area contributed by atoms with E-state index in [-0.39, 0.29) is 24.7 Å². The Kier molecular flexibility index (Phi) is 2.80. The van der Waals surface area contributed by atoms with E-state index in [4.69, 9.17) is 5.11 Å². The molecule has 17 heavy (non-hydrogen) atoms. The van der Waals surface area contributed by atoms with Gasteiger partial charge in [-0.3, -0.25) is 4.79 Å². The number of aliphatic carboxylic acids is 1. The molecule has 0 radical (unpaired) electrons. The van der Waals surface area contributed by atoms with Gasteiger partial charge in [-0.05, 0) is 0 Å². The third-order valence-electron chi connectivity index (χ3n) is 2.54. The molecule has 1 aromatic rings. The van der Waals surface area contributed by atoms with Crippen LogP contribution in [0.25, 0.3) is 0 Å². The van der Waals surface area contributed by atoms with E-state index in [0.717, 1.165) is 4.90 Å². The first-order valence-electron chi connectivity index (χ1n) is 5.01. The number of aliphatic hydroxyl groups excluding tert-OH is 1. The molecule has 0 unspecified atom stereocenters. The summed E-state index contributed by atoms with van der Waals surface area (Å²) in [5.41, 5.74) is 0. The van der Waals surface area contributed by atoms with Crippen LogP contribution in [0.5, 0.6) is 0 Å². The molecule has 0 saturated carbocycles. The van der Waals surface area contributed by atoms with E-state index in [2.05, 4.69) is 14.7 Å². The Morgan fingerprint density at radius 3 is 2.76 bits per heavy atom. The smallest absolute Gasteiger partial charge is 0.326 e. The minimum Gasteiger partial charge on any atom is -0.480 e. The van der Waals surface area contributed by atoms with Gasteiger partial charge in [0.25, 0.3) is 11.7 Å². The van der Waals surface area contributed by atoms with Crippen molar-refractivity contribution in [1.82, 2.24) is 15.0 Å². The lowest BCUT2D eigenvalue weighted by atomic mass is 10.2. The molecule has 2 N–H and O–H groups in total. The zero-order valence-corrected chi connectivity index (χ0v) is 9.03. The van der Waals surface area contributed by atoms with E-state index in [1.165, 1.54) is 6.92 Å². The number of amides is 1. The number of hydrogen-bond donors (Lipinski definition) is 2. The van der Waals surface area contributed by atoms with E-state index in [9.17, 15) is 14.7 Å². The van der Waals surface area contributed by atoms with E-state index in [0.29, 0.717) is 0 Å². The van der Waals surface area contributed by atoms with Crippen molar-refractivity contribution in [2.75, 3.05) is 6.54 Å². The monoisotopic (exact) mass is 241 g/mol. The number of carboxylic acid groups (broad SMARTS) is 1. The molecule has 0 aliphatic carbocycles. The van der Waals surface area contributed by atoms with Crippen LogP contribution in [0.1, 0.15) is 22.9 Å². The first-order chi connectivity index (χ1) is 7.99. The van der Waals surface area contributed by atoms with Crippen LogP contribution in [0.3, 0.4) is 0 Å². The standard InChI is InChI=1S/C9H11N3O5/c1-4-10-7(11-17-4)8(14)12-3-5(13)2-6(12)9(15)16/h5-6,13H,2-3H2,1H3,(H,15,16)/t5-,6-/m1/s1. The summed E-state index contributed by atoms with van der Waals surface area (Å²) >= 11 is 0. The Labute approximate surface area is 95.8 Å². The number of nitrogens with zero attached hydrogens (tertiary/aromatic N) is 3. The molecule has 0 bridgehead atoms. The lowest BCUT2D eigenvalue weighted by molar-refractivity contribution is -0.141. The van der Waals surface area contributed by atoms with Crippen molar-refractivity contribution in [3.63, 3.8) is 0 Å². The summed E-state index contributed by atoms with van der Waals surface area (Å²) in [6.45, 7) is 1.49. The third kappa shape index (κ3) is 2.11. The van der Waals surface area contributed by atoms with Crippen molar-refractivity contribution in [1.29, 1.82) is 0 Å². The molecule has 1 saturated heterocycles. The molecule has 1 aliphatic rings. The quantitative estimate of drug-likeness (QED) is 0.684. The first kappa shape index (κ1) is 11.5. The molecule has 2 heterocycles. The van der Waals surface area contributed by atoms with Gasteiger partial charge in [0.15, 0.2) is 0 Å². The SMILES string of the molecule is Cc1nc(C(=O)N2C[C@H](O)C[C@@H]2C(=O)O)no1. The molecule has 8 heteroatoms. The molecule has 1 fully saturated rings. The minimum atomic E-state index is -1.16. The van der Waals surface area contributed by atoms with Gasteiger partial charge in [0.05, 0.1) is 6.10 Å². The molecule has 1 aromatic heterocycles. The number of rotatable bonds is 2. The van der Waals surface area contributed by atoms with Crippen LogP contribution < -0.4 is 0 Å². The second kappa shape index (κ2) is 4.13. The van der Waals surface area contributed by atoms with E-state index >= 15 is 0 Å². The molecular weight excluding hydrogens is 230 g/mol. The Morgan fingerprint density at radius 2 is 2.24 bits per heavy atom. The maximum absolute atomic E-state index is 11.9. The highest BCUT2D eigenvalue weighted by atomic mass is 16.5. The van der Waals surface area contributed by atoms with Crippen LogP contribution in [-0.2, 0) is 4.79 Å². The maximum Gasteiger partial charge on any atom is 0.326 e. The lowest BCUT2D eigenvalue weighted by Crippen LogP contribution is -2.41. The molecule has 92 valence electrons. The van der Waals surface area contributed by atoms with Gasteiger partial charge in [-0.1, -0.05) is 5.16 Å². The van der Waals surface area contributed by atoms with Gasteiger partial charge in [-0.15, -0.1) is 0 Å². The molecule has 1 amide bonds. The maximum atomic E-state index is 11.9. The predicted molar refractivity (Wildman–Crippen MR) is 52.1 cm³/mol. The average Bonchev–Trinajstić information content (AvgIpc) is 2.83. The first-order valence-corrected chi connectivity index (χ1v) is 5.01. The third-order valence-corrected chi connectivity index (χ3v) is 2.54. The van der Waals surface area contributed by atoms with Gasteiger partial charge in [0.1, 0.15) is 6.04 Å². The Morgan fingerprint density at radius 1 is 1.53 bits per heavy atom. The average molecular weight is 241 g/mol. The number of β-amino-alcohol motifs (C(OH)–C–C–N with tert-alkyl or cyclic N) is 1. The van der Waals surface area contributed by atoms with Gasteiger partial charge in [0.2, 0.25) is 5.89 Å². The van der Waals surface area contributed by atoms with Crippen LogP contribution in [0.4, 0.5) is 0 Å². The zero-order valence-electron chi connectivity index (χ0n) is 9.03. The second-order valence-electron chi connectivity index (χ2n) is 3.84. The fraction of sp³-hybridized carbons (Fsp3) is 0.556. The summed E-state index contributed by atoms with van der Waals surface area (Å²) < 4.78 is 4.65. The predicted octanol–water partition coefficient (Wildman–Crippen LogP) is -0.962. The van der Waals surface area contributed by atoms with Crippen molar-refractivity contribution in [2.24, 2.45) is 0 Å². The van der Waals surface area contributed by atoms with Crippen molar-refractivity contribution in [3.05, 3.63) is 11.7 Å². The lowest BCUT2D eigenvalue weighted by Gasteiger charge is -2.18. The molecule has 0 aromatic carbocycles. The fourth-order valence-corrected chi connectivity index (χ4v) is 1.79. The highest BCUT2D eigenvalue weighted by Gasteiger charge is 2.40. The second-order valence-corrected chi connectivity index (χ2v) is 3.84. The van der Waals surface area contributed by atoms with Crippen molar-refractivity contribution in [3.8, 4) is 0 Å². The van der Waals surface area contributed by atoms with Gasteiger partial charge < -0.3 is 19.6 Å². The summed E-state index contributed by atoms with van der Waals surface area (Å²) in [5.74, 6) is -1.77. The number of likely N-dealkylation sites (tertiary alicyclic amines) is 1. The summed E-state index contributed by atoms with van der Waals surface area (Å²) in [7, 11) is 0. The van der Waals surface area contributed by atoms with Gasteiger partial charge in [0, 0.05) is 19.9 Å². The number of carbonyl (C=O) groups is 2. The van der Waals surface area contributed by atoms with E-state index in [1.807, 2.05) is 0 Å². The molecule has 2 rings (SSSR count). The molecule has 0 spiro atoms. The number of hydrogen-bond acceptors (Lipinski definition) is 6. The molecular formula is C9H11N3O5. The Balaban J connectivity index is 2.21. The molecule has 2 atom stereocenters. The van der Waals surface area contributed by atoms with Crippen LogP contribution in [0.15, 0.2) is 4.52 Å². The summed E-state index contributed by atoms with van der Waals surface area (Å²) in [6.07, 6.45) is -0.828. The zero-order chi connectivity index (χ0) is 12.6. The van der Waals surface area contributed by atoms with Gasteiger partial charge in [-0.25, -0.2) is 4.79 Å². The number of aromatic nitrogens is 2. The van der Waals surface area contributed by atoms with Crippen molar-refractivity contribution < 1.29 is 24.3 Å². The van der Waals surface area contributed by atoms with Gasteiger partial charge >= 0.3 is 5.97 Å². The number of carbonyl (C=O) groups excluding carboxylic acids is 1. The minimum absolute atomic E-state index is 0.0118. The van der Waals surface area contributed by atoms with E-state index < -0.39 is 24.0 Å². The Bertz CT molecular complexity index is 457. The number of aryl methyl sites for hydroxylation is 1. The topological polar surface area (TPSA) is 117 Å². The number of carboxylic acids is 1. The normalized spacial score (nSPS) is 24.0. The van der Waals surface area contributed by atoms with Gasteiger partial charge in [-0.2, -0.15) is 4.98 Å². The van der Waals surface area contributed by atoms with Crippen molar-refractivity contribution in [2.45, 2.75) is 25.5 Å². The van der Waals surface area contributed by atoms with Crippen LogP contribution in [-0.4, -0.2) is 55.8 Å². The summed E-state index contributed by atoms with van der Waals surface area (Å²) in [5, 5.41) is 21.8. The van der Waals surface area contributed by atoms with Crippen LogP contribution in [0.2, 0.25) is 0 Å².